The molecule has 1 unspecified atom stereocenters. The molecule has 1 aliphatic rings. The van der Waals surface area contributed by atoms with Gasteiger partial charge in [-0.2, -0.15) is 0 Å². The molecule has 1 fully saturated rings. The molecule has 1 atom stereocenters. The highest BCUT2D eigenvalue weighted by Crippen LogP contribution is 2.27. The Morgan fingerprint density at radius 1 is 1.22 bits per heavy atom. The van der Waals surface area contributed by atoms with Crippen LogP contribution in [-0.4, -0.2) is 62.7 Å². The summed E-state index contributed by atoms with van der Waals surface area (Å²) in [4.78, 5) is 32.7. The van der Waals surface area contributed by atoms with Crippen LogP contribution < -0.4 is 15.4 Å². The SMILES string of the molecule is COC(=O)Cc1cnc(N2CCN(C(=O)Nc3ccc([Si](C)(C)C)cc3)C(C)C2)c(Cl)c1. The van der Waals surface area contributed by atoms with Gasteiger partial charge in [0.15, 0.2) is 0 Å². The van der Waals surface area contributed by atoms with Gasteiger partial charge in [0, 0.05) is 37.6 Å². The molecule has 2 amide bonds. The van der Waals surface area contributed by atoms with Gasteiger partial charge in [-0.15, -0.1) is 0 Å². The van der Waals surface area contributed by atoms with E-state index in [2.05, 4.69) is 47.0 Å². The van der Waals surface area contributed by atoms with Gasteiger partial charge in [0.2, 0.25) is 0 Å². The van der Waals surface area contributed by atoms with Gasteiger partial charge >= 0.3 is 12.0 Å². The number of amides is 2. The molecule has 9 heteroatoms. The summed E-state index contributed by atoms with van der Waals surface area (Å²) in [5, 5.41) is 4.86. The van der Waals surface area contributed by atoms with Crippen LogP contribution in [0, 0.1) is 0 Å². The average molecular weight is 475 g/mol. The van der Waals surface area contributed by atoms with E-state index in [1.165, 1.54) is 12.3 Å². The maximum Gasteiger partial charge on any atom is 0.322 e. The second-order valence-electron chi connectivity index (χ2n) is 9.15. The monoisotopic (exact) mass is 474 g/mol. The molecular formula is C23H31ClN4O3Si. The molecule has 1 aromatic heterocycles. The van der Waals surface area contributed by atoms with Gasteiger partial charge in [-0.3, -0.25) is 4.79 Å². The van der Waals surface area contributed by atoms with Crippen molar-refractivity contribution in [3.8, 4) is 0 Å². The van der Waals surface area contributed by atoms with Crippen molar-refractivity contribution in [3.63, 3.8) is 0 Å². The van der Waals surface area contributed by atoms with Crippen LogP contribution >= 0.6 is 11.6 Å². The van der Waals surface area contributed by atoms with Crippen molar-refractivity contribution < 1.29 is 14.3 Å². The topological polar surface area (TPSA) is 74.8 Å². The van der Waals surface area contributed by atoms with Gasteiger partial charge in [0.05, 0.1) is 26.6 Å². The third-order valence-corrected chi connectivity index (χ3v) is 7.99. The third-order valence-electron chi connectivity index (χ3n) is 5.64. The van der Waals surface area contributed by atoms with E-state index in [4.69, 9.17) is 16.3 Å². The number of aromatic nitrogens is 1. The molecule has 0 spiro atoms. The Balaban J connectivity index is 1.61. The number of halogens is 1. The normalized spacial score (nSPS) is 16.6. The number of piperazine rings is 1. The van der Waals surface area contributed by atoms with E-state index in [1.54, 1.807) is 12.3 Å². The van der Waals surface area contributed by atoms with Crippen LogP contribution in [0.3, 0.4) is 0 Å². The Morgan fingerprint density at radius 2 is 1.91 bits per heavy atom. The van der Waals surface area contributed by atoms with Crippen molar-refractivity contribution in [3.05, 3.63) is 47.1 Å². The molecule has 3 rings (SSSR count). The minimum Gasteiger partial charge on any atom is -0.469 e. The summed E-state index contributed by atoms with van der Waals surface area (Å²) in [6.45, 7) is 10.7. The predicted octanol–water partition coefficient (Wildman–Crippen LogP) is 3.74. The van der Waals surface area contributed by atoms with Crippen molar-refractivity contribution >= 4 is 48.4 Å². The number of anilines is 2. The Labute approximate surface area is 195 Å². The number of methoxy groups -OCH3 is 1. The Kier molecular flexibility index (Phi) is 7.46. The quantitative estimate of drug-likeness (QED) is 0.527. The van der Waals surface area contributed by atoms with Crippen molar-refractivity contribution in [1.29, 1.82) is 0 Å². The molecule has 2 heterocycles. The van der Waals surface area contributed by atoms with E-state index in [1.807, 2.05) is 24.0 Å². The lowest BCUT2D eigenvalue weighted by Gasteiger charge is -2.40. The fourth-order valence-electron chi connectivity index (χ4n) is 3.74. The molecule has 172 valence electrons. The smallest absolute Gasteiger partial charge is 0.322 e. The lowest BCUT2D eigenvalue weighted by molar-refractivity contribution is -0.139. The van der Waals surface area contributed by atoms with E-state index in [9.17, 15) is 9.59 Å². The summed E-state index contributed by atoms with van der Waals surface area (Å²) in [6.07, 6.45) is 1.78. The van der Waals surface area contributed by atoms with Crippen LogP contribution in [0.2, 0.25) is 24.7 Å². The van der Waals surface area contributed by atoms with Gasteiger partial charge in [0.25, 0.3) is 0 Å². The van der Waals surface area contributed by atoms with Gasteiger partial charge in [0.1, 0.15) is 5.82 Å². The minimum atomic E-state index is -1.37. The third kappa shape index (κ3) is 5.80. The first kappa shape index (κ1) is 24.1. The fourth-order valence-corrected chi connectivity index (χ4v) is 5.21. The highest BCUT2D eigenvalue weighted by molar-refractivity contribution is 6.88. The summed E-state index contributed by atoms with van der Waals surface area (Å²) < 4.78 is 4.69. The zero-order chi connectivity index (χ0) is 23.5. The summed E-state index contributed by atoms with van der Waals surface area (Å²) in [5.41, 5.74) is 1.51. The lowest BCUT2D eigenvalue weighted by Crippen LogP contribution is -2.55. The average Bonchev–Trinajstić information content (AvgIpc) is 2.73. The molecule has 7 nitrogen and oxygen atoms in total. The first-order valence-corrected chi connectivity index (χ1v) is 14.6. The van der Waals surface area contributed by atoms with Crippen molar-refractivity contribution in [1.82, 2.24) is 9.88 Å². The Morgan fingerprint density at radius 3 is 2.47 bits per heavy atom. The molecule has 1 aromatic carbocycles. The Bertz CT molecular complexity index is 978. The molecule has 0 aliphatic carbocycles. The van der Waals surface area contributed by atoms with Crippen LogP contribution in [0.4, 0.5) is 16.3 Å². The number of ether oxygens (including phenoxy) is 1. The van der Waals surface area contributed by atoms with Gasteiger partial charge in [-0.1, -0.05) is 48.6 Å². The van der Waals surface area contributed by atoms with Crippen molar-refractivity contribution in [2.24, 2.45) is 0 Å². The van der Waals surface area contributed by atoms with E-state index in [0.29, 0.717) is 36.0 Å². The van der Waals surface area contributed by atoms with E-state index < -0.39 is 8.07 Å². The summed E-state index contributed by atoms with van der Waals surface area (Å²) >= 11 is 6.44. The number of hydrogen-bond donors (Lipinski definition) is 1. The van der Waals surface area contributed by atoms with Crippen LogP contribution in [0.25, 0.3) is 0 Å². The molecule has 2 aromatic rings. The second-order valence-corrected chi connectivity index (χ2v) is 14.6. The Hall–Kier alpha value is -2.58. The number of urea groups is 1. The van der Waals surface area contributed by atoms with Crippen LogP contribution in [-0.2, 0) is 16.0 Å². The highest BCUT2D eigenvalue weighted by atomic mass is 35.5. The van der Waals surface area contributed by atoms with Crippen LogP contribution in [0.15, 0.2) is 36.5 Å². The summed E-state index contributed by atoms with van der Waals surface area (Å²) in [5.74, 6) is 0.327. The number of benzene rings is 1. The maximum absolute atomic E-state index is 12.9. The standard InChI is InChI=1S/C23H31ClN4O3Si/c1-16-15-27(22-20(24)12-17(14-25-22)13-21(29)31-2)10-11-28(16)23(30)26-18-6-8-19(9-7-18)32(3,4)5/h6-9,12,14,16H,10-11,13,15H2,1-5H3,(H,26,30). The molecule has 0 bridgehead atoms. The number of nitrogens with one attached hydrogen (secondary N) is 1. The fraction of sp³-hybridized carbons (Fsp3) is 0.435. The number of esters is 1. The number of hydrogen-bond acceptors (Lipinski definition) is 5. The number of carbonyl (C=O) groups is 2. The number of pyridine rings is 1. The van der Waals surface area contributed by atoms with Gasteiger partial charge < -0.3 is 19.9 Å². The molecule has 1 saturated heterocycles. The second kappa shape index (κ2) is 9.91. The van der Waals surface area contributed by atoms with Gasteiger partial charge in [-0.25, -0.2) is 9.78 Å². The van der Waals surface area contributed by atoms with Crippen molar-refractivity contribution in [2.45, 2.75) is 39.0 Å². The zero-order valence-electron chi connectivity index (χ0n) is 19.3. The molecular weight excluding hydrogens is 444 g/mol. The summed E-state index contributed by atoms with van der Waals surface area (Å²) in [7, 11) is -0.0137. The maximum atomic E-state index is 12.9. The number of rotatable bonds is 5. The van der Waals surface area contributed by atoms with Crippen LogP contribution in [0.1, 0.15) is 12.5 Å². The first-order chi connectivity index (χ1) is 15.1. The molecule has 32 heavy (non-hydrogen) atoms. The molecule has 1 N–H and O–H groups in total. The van der Waals surface area contributed by atoms with E-state index >= 15 is 0 Å². The molecule has 0 radical (unpaired) electrons. The zero-order valence-corrected chi connectivity index (χ0v) is 21.1. The minimum absolute atomic E-state index is 0.0161. The first-order valence-electron chi connectivity index (χ1n) is 10.7. The predicted molar refractivity (Wildman–Crippen MR) is 132 cm³/mol. The lowest BCUT2D eigenvalue weighted by atomic mass is 10.1. The highest BCUT2D eigenvalue weighted by Gasteiger charge is 2.29. The van der Waals surface area contributed by atoms with Crippen molar-refractivity contribution in [2.75, 3.05) is 37.0 Å². The summed E-state index contributed by atoms with van der Waals surface area (Å²) in [6, 6.07) is 9.80. The molecule has 0 saturated carbocycles. The largest absolute Gasteiger partial charge is 0.469 e. The van der Waals surface area contributed by atoms with E-state index in [-0.39, 0.29) is 24.5 Å². The molecule has 1 aliphatic heterocycles. The number of nitrogens with zero attached hydrogens (tertiary/aromatic N) is 3. The van der Waals surface area contributed by atoms with E-state index in [0.717, 1.165) is 5.69 Å². The van der Waals surface area contributed by atoms with Gasteiger partial charge in [-0.05, 0) is 30.7 Å². The van der Waals surface area contributed by atoms with Crippen LogP contribution in [0.5, 0.6) is 0 Å². The number of carbonyl (C=O) groups excluding carboxylic acids is 2.